The van der Waals surface area contributed by atoms with Crippen molar-refractivity contribution in [2.24, 2.45) is 0 Å². The SMILES string of the molecule is O=S(=O)(Nc1cccc(-n2ccnc2)c1)c1cnc(Cl)s1. The fraction of sp³-hybridized carbons (Fsp3) is 0. The maximum atomic E-state index is 12.2. The Morgan fingerprint density at radius 2 is 2.19 bits per heavy atom. The van der Waals surface area contributed by atoms with Gasteiger partial charge in [0.1, 0.15) is 0 Å². The van der Waals surface area contributed by atoms with Gasteiger partial charge in [0.05, 0.1) is 18.2 Å². The van der Waals surface area contributed by atoms with E-state index in [-0.39, 0.29) is 8.68 Å². The summed E-state index contributed by atoms with van der Waals surface area (Å²) < 4.78 is 28.9. The zero-order valence-electron chi connectivity index (χ0n) is 10.5. The highest BCUT2D eigenvalue weighted by atomic mass is 35.5. The number of nitrogens with one attached hydrogen (secondary N) is 1. The minimum absolute atomic E-state index is 0.0699. The second-order valence-electron chi connectivity index (χ2n) is 4.06. The number of thiazole rings is 1. The van der Waals surface area contributed by atoms with E-state index in [0.29, 0.717) is 5.69 Å². The normalized spacial score (nSPS) is 11.5. The van der Waals surface area contributed by atoms with Crippen LogP contribution >= 0.6 is 22.9 Å². The third-order valence-electron chi connectivity index (χ3n) is 2.62. The van der Waals surface area contributed by atoms with Gasteiger partial charge in [-0.15, -0.1) is 0 Å². The molecule has 0 fully saturated rings. The van der Waals surface area contributed by atoms with Gasteiger partial charge in [0.25, 0.3) is 10.0 Å². The van der Waals surface area contributed by atoms with Crippen LogP contribution in [0.2, 0.25) is 4.47 Å². The molecule has 0 aliphatic rings. The summed E-state index contributed by atoms with van der Waals surface area (Å²) in [5.74, 6) is 0. The minimum Gasteiger partial charge on any atom is -0.306 e. The van der Waals surface area contributed by atoms with E-state index in [1.165, 1.54) is 6.20 Å². The maximum absolute atomic E-state index is 12.2. The quantitative estimate of drug-likeness (QED) is 0.792. The number of benzene rings is 1. The van der Waals surface area contributed by atoms with Gasteiger partial charge in [-0.05, 0) is 18.2 Å². The molecule has 0 radical (unpaired) electrons. The Balaban J connectivity index is 1.90. The number of hydrogen-bond acceptors (Lipinski definition) is 5. The first-order valence-electron chi connectivity index (χ1n) is 5.77. The van der Waals surface area contributed by atoms with E-state index in [1.54, 1.807) is 41.5 Å². The van der Waals surface area contributed by atoms with Crippen LogP contribution in [-0.4, -0.2) is 23.0 Å². The Labute approximate surface area is 130 Å². The summed E-state index contributed by atoms with van der Waals surface area (Å²) in [6.07, 6.45) is 6.29. The van der Waals surface area contributed by atoms with E-state index >= 15 is 0 Å². The van der Waals surface area contributed by atoms with Crippen molar-refractivity contribution < 1.29 is 8.42 Å². The molecule has 2 aromatic heterocycles. The molecule has 0 saturated heterocycles. The molecule has 1 N–H and O–H groups in total. The molecular formula is C12H9ClN4O2S2. The van der Waals surface area contributed by atoms with E-state index in [9.17, 15) is 8.42 Å². The second-order valence-corrected chi connectivity index (χ2v) is 7.58. The first kappa shape index (κ1) is 14.1. The number of anilines is 1. The minimum atomic E-state index is -3.68. The summed E-state index contributed by atoms with van der Waals surface area (Å²) in [7, 11) is -3.68. The highest BCUT2D eigenvalue weighted by Gasteiger charge is 2.17. The fourth-order valence-electron chi connectivity index (χ4n) is 1.71. The van der Waals surface area contributed by atoms with Gasteiger partial charge in [0.15, 0.2) is 8.68 Å². The average molecular weight is 341 g/mol. The molecular weight excluding hydrogens is 332 g/mol. The fourth-order valence-corrected chi connectivity index (χ4v) is 4.05. The maximum Gasteiger partial charge on any atom is 0.273 e. The summed E-state index contributed by atoms with van der Waals surface area (Å²) >= 11 is 6.57. The average Bonchev–Trinajstić information content (AvgIpc) is 3.09. The number of nitrogens with zero attached hydrogens (tertiary/aromatic N) is 3. The van der Waals surface area contributed by atoms with Gasteiger partial charge in [0, 0.05) is 18.1 Å². The summed E-state index contributed by atoms with van der Waals surface area (Å²) in [6.45, 7) is 0. The molecule has 9 heteroatoms. The van der Waals surface area contributed by atoms with Gasteiger partial charge in [-0.25, -0.2) is 18.4 Å². The van der Waals surface area contributed by atoms with E-state index in [0.717, 1.165) is 17.0 Å². The zero-order valence-corrected chi connectivity index (χ0v) is 12.9. The largest absolute Gasteiger partial charge is 0.306 e. The summed E-state index contributed by atoms with van der Waals surface area (Å²) in [5, 5.41) is 0. The van der Waals surface area contributed by atoms with Crippen LogP contribution in [0.15, 0.2) is 53.4 Å². The Morgan fingerprint density at radius 3 is 2.86 bits per heavy atom. The van der Waals surface area contributed by atoms with Crippen LogP contribution in [0.1, 0.15) is 0 Å². The molecule has 3 rings (SSSR count). The highest BCUT2D eigenvalue weighted by Crippen LogP contribution is 2.25. The first-order valence-corrected chi connectivity index (χ1v) is 8.45. The molecule has 1 aromatic carbocycles. The second kappa shape index (κ2) is 5.47. The third-order valence-corrected chi connectivity index (χ3v) is 5.58. The van der Waals surface area contributed by atoms with Gasteiger partial charge in [-0.2, -0.15) is 0 Å². The number of rotatable bonds is 4. The third kappa shape index (κ3) is 3.07. The number of halogens is 1. The molecule has 3 aromatic rings. The first-order chi connectivity index (χ1) is 10.0. The van der Waals surface area contributed by atoms with E-state index < -0.39 is 10.0 Å². The predicted molar refractivity (Wildman–Crippen MR) is 81.5 cm³/mol. The number of sulfonamides is 1. The van der Waals surface area contributed by atoms with E-state index in [2.05, 4.69) is 14.7 Å². The van der Waals surface area contributed by atoms with Gasteiger partial charge in [-0.3, -0.25) is 4.72 Å². The molecule has 6 nitrogen and oxygen atoms in total. The van der Waals surface area contributed by atoms with Gasteiger partial charge in [0.2, 0.25) is 0 Å². The van der Waals surface area contributed by atoms with Gasteiger partial charge in [-0.1, -0.05) is 29.0 Å². The molecule has 0 atom stereocenters. The molecule has 21 heavy (non-hydrogen) atoms. The van der Waals surface area contributed by atoms with Crippen molar-refractivity contribution in [2.45, 2.75) is 4.21 Å². The van der Waals surface area contributed by atoms with Crippen LogP contribution in [-0.2, 0) is 10.0 Å². The van der Waals surface area contributed by atoms with Crippen LogP contribution in [0.25, 0.3) is 5.69 Å². The monoisotopic (exact) mass is 340 g/mol. The topological polar surface area (TPSA) is 76.9 Å². The Hall–Kier alpha value is -1.90. The molecule has 2 heterocycles. The lowest BCUT2D eigenvalue weighted by molar-refractivity contribution is 0.603. The summed E-state index contributed by atoms with van der Waals surface area (Å²) in [5.41, 5.74) is 1.25. The Bertz CT molecular complexity index is 859. The summed E-state index contributed by atoms with van der Waals surface area (Å²) in [4.78, 5) is 7.69. The van der Waals surface area contributed by atoms with Crippen LogP contribution in [0, 0.1) is 0 Å². The molecule has 0 aliphatic carbocycles. The van der Waals surface area contributed by atoms with Crippen molar-refractivity contribution in [3.63, 3.8) is 0 Å². The molecule has 0 bridgehead atoms. The summed E-state index contributed by atoms with van der Waals surface area (Å²) in [6, 6.07) is 6.98. The molecule has 0 aliphatic heterocycles. The van der Waals surface area contributed by atoms with Gasteiger partial charge >= 0.3 is 0 Å². The molecule has 0 spiro atoms. The smallest absolute Gasteiger partial charge is 0.273 e. The van der Waals surface area contributed by atoms with Gasteiger partial charge < -0.3 is 4.57 Å². The van der Waals surface area contributed by atoms with E-state index in [4.69, 9.17) is 11.6 Å². The van der Waals surface area contributed by atoms with Crippen LogP contribution in [0.3, 0.4) is 0 Å². The van der Waals surface area contributed by atoms with Crippen molar-refractivity contribution >= 4 is 38.6 Å². The Kier molecular flexibility index (Phi) is 3.66. The zero-order chi connectivity index (χ0) is 14.9. The molecule has 0 amide bonds. The standard InChI is InChI=1S/C12H9ClN4O2S2/c13-12-15-7-11(20-12)21(18,19)16-9-2-1-3-10(6-9)17-5-4-14-8-17/h1-8,16H. The van der Waals surface area contributed by atoms with Crippen molar-refractivity contribution in [1.29, 1.82) is 0 Å². The molecule has 0 unspecified atom stereocenters. The van der Waals surface area contributed by atoms with Crippen molar-refractivity contribution in [3.05, 3.63) is 53.7 Å². The van der Waals surface area contributed by atoms with Crippen LogP contribution < -0.4 is 4.72 Å². The predicted octanol–water partition coefficient (Wildman–Crippen LogP) is 2.78. The van der Waals surface area contributed by atoms with Crippen molar-refractivity contribution in [1.82, 2.24) is 14.5 Å². The van der Waals surface area contributed by atoms with Crippen LogP contribution in [0.4, 0.5) is 5.69 Å². The number of imidazole rings is 1. The highest BCUT2D eigenvalue weighted by molar-refractivity contribution is 7.94. The molecule has 0 saturated carbocycles. The lowest BCUT2D eigenvalue weighted by Crippen LogP contribution is -2.11. The van der Waals surface area contributed by atoms with Crippen molar-refractivity contribution in [2.75, 3.05) is 4.72 Å². The molecule has 108 valence electrons. The Morgan fingerprint density at radius 1 is 1.33 bits per heavy atom. The van der Waals surface area contributed by atoms with Crippen LogP contribution in [0.5, 0.6) is 0 Å². The van der Waals surface area contributed by atoms with E-state index in [1.807, 2.05) is 6.07 Å². The number of aromatic nitrogens is 3. The lowest BCUT2D eigenvalue weighted by Gasteiger charge is -2.08. The lowest BCUT2D eigenvalue weighted by atomic mass is 10.3. The number of hydrogen-bond donors (Lipinski definition) is 1. The van der Waals surface area contributed by atoms with Crippen molar-refractivity contribution in [3.8, 4) is 5.69 Å².